The molecular weight excluding hydrogens is 422 g/mol. The third kappa shape index (κ3) is 57.3. The van der Waals surface area contributed by atoms with Crippen LogP contribution < -0.4 is 0 Å². The number of methoxy groups -OCH3 is 3. The van der Waals surface area contributed by atoms with E-state index >= 15 is 0 Å². The van der Waals surface area contributed by atoms with Crippen molar-refractivity contribution >= 4 is 0 Å². The van der Waals surface area contributed by atoms with Crippen molar-refractivity contribution in [1.29, 1.82) is 0 Å². The normalized spacial score (nSPS) is 10.4. The zero-order valence-electron chi connectivity index (χ0n) is 24.6. The Morgan fingerprint density at radius 2 is 0.882 bits per heavy atom. The van der Waals surface area contributed by atoms with Crippen LogP contribution in [0, 0.1) is 19.8 Å². The minimum Gasteiger partial charge on any atom is -0.388 e. The number of benzene rings is 2. The molecule has 4 nitrogen and oxygen atoms in total. The number of aryl methyl sites for hydroxylation is 2. The lowest BCUT2D eigenvalue weighted by Crippen LogP contribution is -2.08. The van der Waals surface area contributed by atoms with Gasteiger partial charge in [-0.25, -0.2) is 0 Å². The van der Waals surface area contributed by atoms with E-state index in [1.807, 2.05) is 50.2 Å². The number of ether oxygens (including phenoxy) is 3. The largest absolute Gasteiger partial charge is 0.388 e. The minimum atomic E-state index is 0.819. The summed E-state index contributed by atoms with van der Waals surface area (Å²) >= 11 is 0. The highest BCUT2D eigenvalue weighted by Gasteiger charge is 2.12. The van der Waals surface area contributed by atoms with E-state index in [4.69, 9.17) is 0 Å². The van der Waals surface area contributed by atoms with Crippen LogP contribution in [-0.2, 0) is 14.2 Å². The number of nitrogens with zero attached hydrogens (tertiary/aromatic N) is 1. The molecule has 1 aliphatic rings. The highest BCUT2D eigenvalue weighted by atomic mass is 16.5. The second kappa shape index (κ2) is 35.9. The second-order valence-corrected chi connectivity index (χ2v) is 7.95. The first-order chi connectivity index (χ1) is 16.2. The van der Waals surface area contributed by atoms with Gasteiger partial charge in [0, 0.05) is 41.7 Å². The van der Waals surface area contributed by atoms with Crippen LogP contribution in [0.5, 0.6) is 0 Å². The van der Waals surface area contributed by atoms with Crippen molar-refractivity contribution in [2.75, 3.05) is 62.3 Å². The van der Waals surface area contributed by atoms with Crippen molar-refractivity contribution < 1.29 is 14.2 Å². The van der Waals surface area contributed by atoms with Gasteiger partial charge in [-0.05, 0) is 54.3 Å². The Morgan fingerprint density at radius 3 is 0.941 bits per heavy atom. The fourth-order valence-electron chi connectivity index (χ4n) is 1.24. The van der Waals surface area contributed by atoms with Crippen LogP contribution in [0.25, 0.3) is 0 Å². The maximum Gasteiger partial charge on any atom is 0.0433 e. The quantitative estimate of drug-likeness (QED) is 0.455. The lowest BCUT2D eigenvalue weighted by molar-refractivity contribution is 0.215. The Hall–Kier alpha value is -1.72. The summed E-state index contributed by atoms with van der Waals surface area (Å²) in [4.78, 5) is 2.12. The average molecular weight is 480 g/mol. The highest BCUT2D eigenvalue weighted by molar-refractivity contribution is 5.12. The molecule has 2 aromatic rings. The SMILES string of the molecule is CC1CC1.CCN(C)C.CCOC.CCOC.COC.Cc1ccccc1.Cc1ccccc1. The summed E-state index contributed by atoms with van der Waals surface area (Å²) in [7, 11) is 10.7. The van der Waals surface area contributed by atoms with E-state index < -0.39 is 0 Å². The zero-order valence-corrected chi connectivity index (χ0v) is 24.6. The molecule has 2 aromatic carbocycles. The highest BCUT2D eigenvalue weighted by Crippen LogP contribution is 2.26. The van der Waals surface area contributed by atoms with E-state index in [0.717, 1.165) is 25.7 Å². The van der Waals surface area contributed by atoms with E-state index in [1.165, 1.54) is 24.0 Å². The van der Waals surface area contributed by atoms with Crippen molar-refractivity contribution in [2.24, 2.45) is 5.92 Å². The van der Waals surface area contributed by atoms with Gasteiger partial charge in [0.05, 0.1) is 0 Å². The fraction of sp³-hybridized carbons (Fsp3) is 0.600. The molecule has 0 unspecified atom stereocenters. The van der Waals surface area contributed by atoms with Crippen LogP contribution in [0.1, 0.15) is 51.7 Å². The predicted octanol–water partition coefficient (Wildman–Crippen LogP) is 7.54. The van der Waals surface area contributed by atoms with Crippen molar-refractivity contribution in [3.8, 4) is 0 Å². The lowest BCUT2D eigenvalue weighted by atomic mass is 10.2. The molecule has 0 N–H and O–H groups in total. The summed E-state index contributed by atoms with van der Waals surface area (Å²) in [6, 6.07) is 20.5. The second-order valence-electron chi connectivity index (χ2n) is 7.95. The standard InChI is InChI=1S/2C7H8.C4H11N.C4H8.2C3H8O.C2H6O/c2*1-7-5-3-2-4-6-7;1-4-5(2)3;1-4-2-3-4;2*1-3-4-2;1-3-2/h2*2-6H,1H3;4H2,1-3H3;4H,2-3H2,1H3;2*3H2,1-2H3;1-2H3. The Morgan fingerprint density at radius 1 is 0.676 bits per heavy atom. The van der Waals surface area contributed by atoms with Gasteiger partial charge in [0.2, 0.25) is 0 Å². The molecule has 0 saturated heterocycles. The summed E-state index contributed by atoms with van der Waals surface area (Å²) in [6.07, 6.45) is 2.97. The van der Waals surface area contributed by atoms with Crippen molar-refractivity contribution in [1.82, 2.24) is 4.90 Å². The molecule has 3 rings (SSSR count). The van der Waals surface area contributed by atoms with Gasteiger partial charge in [0.15, 0.2) is 0 Å². The molecule has 1 saturated carbocycles. The first-order valence-corrected chi connectivity index (χ1v) is 12.3. The molecule has 0 atom stereocenters. The smallest absolute Gasteiger partial charge is 0.0433 e. The Balaban J connectivity index is -0.000000158. The van der Waals surface area contributed by atoms with Crippen LogP contribution in [0.15, 0.2) is 60.7 Å². The Labute approximate surface area is 213 Å². The predicted molar refractivity (Wildman–Crippen MR) is 153 cm³/mol. The Bertz CT molecular complexity index is 498. The van der Waals surface area contributed by atoms with Gasteiger partial charge in [0.25, 0.3) is 0 Å². The van der Waals surface area contributed by atoms with Crippen molar-refractivity contribution in [2.45, 2.75) is 54.4 Å². The van der Waals surface area contributed by atoms with E-state index in [9.17, 15) is 0 Å². The summed E-state index contributed by atoms with van der Waals surface area (Å²) in [5, 5.41) is 0. The molecule has 0 spiro atoms. The van der Waals surface area contributed by atoms with Crippen LogP contribution in [-0.4, -0.2) is 67.2 Å². The first kappa shape index (κ1) is 39.5. The average Bonchev–Trinajstić information content (AvgIpc) is 3.64. The molecule has 200 valence electrons. The molecule has 0 radical (unpaired) electrons. The van der Waals surface area contributed by atoms with E-state index in [2.05, 4.69) is 85.2 Å². The molecule has 0 bridgehead atoms. The molecule has 1 fully saturated rings. The Kier molecular flexibility index (Phi) is 41.7. The molecular formula is C30H57NO3. The molecule has 1 aliphatic carbocycles. The van der Waals surface area contributed by atoms with Gasteiger partial charge in [-0.2, -0.15) is 0 Å². The molecule has 4 heteroatoms. The molecule has 0 aliphatic heterocycles. The third-order valence-electron chi connectivity index (χ3n) is 3.96. The van der Waals surface area contributed by atoms with E-state index in [1.54, 1.807) is 28.4 Å². The third-order valence-corrected chi connectivity index (χ3v) is 3.96. The molecule has 0 heterocycles. The van der Waals surface area contributed by atoms with Gasteiger partial charge >= 0.3 is 0 Å². The van der Waals surface area contributed by atoms with Crippen LogP contribution in [0.4, 0.5) is 0 Å². The van der Waals surface area contributed by atoms with Gasteiger partial charge in [-0.15, -0.1) is 0 Å². The van der Waals surface area contributed by atoms with Crippen molar-refractivity contribution in [3.05, 3.63) is 71.8 Å². The minimum absolute atomic E-state index is 0.819. The van der Waals surface area contributed by atoms with Gasteiger partial charge in [-0.3, -0.25) is 0 Å². The van der Waals surface area contributed by atoms with Gasteiger partial charge in [0.1, 0.15) is 0 Å². The number of hydrogen-bond acceptors (Lipinski definition) is 4. The van der Waals surface area contributed by atoms with E-state index in [-0.39, 0.29) is 0 Å². The number of rotatable bonds is 3. The van der Waals surface area contributed by atoms with E-state index in [0.29, 0.717) is 0 Å². The summed E-state index contributed by atoms with van der Waals surface area (Å²) in [5.41, 5.74) is 2.64. The van der Waals surface area contributed by atoms with Crippen molar-refractivity contribution in [3.63, 3.8) is 0 Å². The van der Waals surface area contributed by atoms with Gasteiger partial charge < -0.3 is 19.1 Å². The lowest BCUT2D eigenvalue weighted by Gasteiger charge is -2.00. The first-order valence-electron chi connectivity index (χ1n) is 12.3. The molecule has 34 heavy (non-hydrogen) atoms. The summed E-state index contributed by atoms with van der Waals surface area (Å²) < 4.78 is 13.3. The van der Waals surface area contributed by atoms with Crippen LogP contribution >= 0.6 is 0 Å². The van der Waals surface area contributed by atoms with Gasteiger partial charge in [-0.1, -0.05) is 98.5 Å². The zero-order chi connectivity index (χ0) is 27.0. The topological polar surface area (TPSA) is 30.9 Å². The monoisotopic (exact) mass is 479 g/mol. The summed E-state index contributed by atoms with van der Waals surface area (Å²) in [5.74, 6) is 1.08. The van der Waals surface area contributed by atoms with Crippen LogP contribution in [0.2, 0.25) is 0 Å². The number of hydrogen-bond donors (Lipinski definition) is 0. The maximum absolute atomic E-state index is 4.54. The summed E-state index contributed by atoms with van der Waals surface area (Å²) in [6.45, 7) is 15.3. The maximum atomic E-state index is 4.54. The fourth-order valence-corrected chi connectivity index (χ4v) is 1.24. The molecule has 0 aromatic heterocycles. The molecule has 0 amide bonds. The van der Waals surface area contributed by atoms with Crippen LogP contribution in [0.3, 0.4) is 0 Å².